The van der Waals surface area contributed by atoms with Crippen LogP contribution in [-0.4, -0.2) is 28.1 Å². The highest BCUT2D eigenvalue weighted by Crippen LogP contribution is 2.33. The van der Waals surface area contributed by atoms with Crippen molar-refractivity contribution in [2.24, 2.45) is 0 Å². The van der Waals surface area contributed by atoms with E-state index in [1.54, 1.807) is 36.4 Å². The molecule has 0 aliphatic carbocycles. The van der Waals surface area contributed by atoms with Gasteiger partial charge in [-0.1, -0.05) is 48.5 Å². The summed E-state index contributed by atoms with van der Waals surface area (Å²) in [6.45, 7) is 0. The van der Waals surface area contributed by atoms with Crippen LogP contribution in [0.1, 0.15) is 31.1 Å². The zero-order chi connectivity index (χ0) is 23.5. The van der Waals surface area contributed by atoms with Crippen LogP contribution < -0.4 is 5.11 Å². The molecule has 4 rings (SSSR count). The summed E-state index contributed by atoms with van der Waals surface area (Å²) in [6, 6.07) is 25.1. The Morgan fingerprint density at radius 1 is 0.455 bits per heavy atom. The molecular weight excluding hydrogens is 420 g/mol. The van der Waals surface area contributed by atoms with Crippen LogP contribution in [0.2, 0.25) is 0 Å². The number of hydrogen-bond acceptors (Lipinski definition) is 4. The molecule has 0 fully saturated rings. The van der Waals surface area contributed by atoms with Gasteiger partial charge in [-0.05, 0) is 81.4 Å². The summed E-state index contributed by atoms with van der Waals surface area (Å²) in [5.41, 5.74) is 5.28. The van der Waals surface area contributed by atoms with E-state index in [9.17, 15) is 19.5 Å². The van der Waals surface area contributed by atoms with Crippen molar-refractivity contribution in [2.75, 3.05) is 0 Å². The molecule has 0 aliphatic heterocycles. The van der Waals surface area contributed by atoms with Crippen LogP contribution in [0, 0.1) is 0 Å². The van der Waals surface area contributed by atoms with Gasteiger partial charge in [-0.2, -0.15) is 0 Å². The number of carboxylic acids is 3. The summed E-state index contributed by atoms with van der Waals surface area (Å²) < 4.78 is 0. The van der Waals surface area contributed by atoms with Crippen LogP contribution in [0.4, 0.5) is 0 Å². The Kier molecular flexibility index (Phi) is 5.74. The molecule has 0 radical (unpaired) electrons. The Hall–Kier alpha value is -4.71. The predicted molar refractivity (Wildman–Crippen MR) is 121 cm³/mol. The van der Waals surface area contributed by atoms with E-state index < -0.39 is 17.9 Å². The topological polar surface area (TPSA) is 115 Å². The van der Waals surface area contributed by atoms with Crippen LogP contribution in [0.3, 0.4) is 0 Å². The van der Waals surface area contributed by atoms with Crippen LogP contribution in [-0.2, 0) is 0 Å². The molecule has 2 N–H and O–H groups in total. The number of carbonyl (C=O) groups is 3. The number of benzene rings is 4. The Morgan fingerprint density at radius 2 is 0.727 bits per heavy atom. The lowest BCUT2D eigenvalue weighted by atomic mass is 9.92. The lowest BCUT2D eigenvalue weighted by molar-refractivity contribution is -0.255. The Bertz CT molecular complexity index is 1170. The van der Waals surface area contributed by atoms with Crippen molar-refractivity contribution >= 4 is 17.9 Å². The molecule has 4 aromatic carbocycles. The monoisotopic (exact) mass is 437 g/mol. The standard InChI is InChI=1S/C27H18O6/c28-25(29)19-7-1-16(2-8-19)22-13-23(17-3-9-20(10-4-17)26(30)31)15-24(14-22)18-5-11-21(12-6-18)27(32)33/h1-15H,(H,28,29)(H,30,31)(H,32,33)/p-1. The molecule has 0 heterocycles. The molecule has 4 aromatic rings. The average Bonchev–Trinajstić information content (AvgIpc) is 2.84. The highest BCUT2D eigenvalue weighted by atomic mass is 16.4. The third-order valence-electron chi connectivity index (χ3n) is 5.32. The lowest BCUT2D eigenvalue weighted by Crippen LogP contribution is -2.21. The van der Waals surface area contributed by atoms with E-state index in [1.165, 1.54) is 36.4 Å². The minimum absolute atomic E-state index is 0.0728. The van der Waals surface area contributed by atoms with Gasteiger partial charge in [-0.3, -0.25) is 0 Å². The Balaban J connectivity index is 1.84. The molecule has 0 aliphatic rings. The molecule has 0 saturated heterocycles. The normalized spacial score (nSPS) is 10.5. The Labute approximate surface area is 189 Å². The predicted octanol–water partition coefficient (Wildman–Crippen LogP) is 4.45. The summed E-state index contributed by atoms with van der Waals surface area (Å²) >= 11 is 0. The van der Waals surface area contributed by atoms with Gasteiger partial charge in [0.25, 0.3) is 0 Å². The van der Waals surface area contributed by atoms with Crippen molar-refractivity contribution in [3.63, 3.8) is 0 Å². The van der Waals surface area contributed by atoms with E-state index in [0.717, 1.165) is 33.4 Å². The van der Waals surface area contributed by atoms with Gasteiger partial charge in [0.05, 0.1) is 17.1 Å². The van der Waals surface area contributed by atoms with E-state index in [2.05, 4.69) is 0 Å². The van der Waals surface area contributed by atoms with Gasteiger partial charge in [0.1, 0.15) is 0 Å². The summed E-state index contributed by atoms with van der Waals surface area (Å²) in [4.78, 5) is 33.5. The van der Waals surface area contributed by atoms with Gasteiger partial charge in [-0.25, -0.2) is 9.59 Å². The highest BCUT2D eigenvalue weighted by molar-refractivity contribution is 5.90. The van der Waals surface area contributed by atoms with Gasteiger partial charge < -0.3 is 20.1 Å². The Morgan fingerprint density at radius 3 is 0.970 bits per heavy atom. The van der Waals surface area contributed by atoms with Gasteiger partial charge in [0, 0.05) is 0 Å². The minimum Gasteiger partial charge on any atom is -0.545 e. The molecular formula is C27H17O6-. The van der Waals surface area contributed by atoms with E-state index in [1.807, 2.05) is 18.2 Å². The summed E-state index contributed by atoms with van der Waals surface area (Å²) in [7, 11) is 0. The van der Waals surface area contributed by atoms with Crippen molar-refractivity contribution in [3.8, 4) is 33.4 Å². The fraction of sp³-hybridized carbons (Fsp3) is 0. The molecule has 0 spiro atoms. The number of carboxylic acid groups (broad SMARTS) is 3. The molecule has 0 unspecified atom stereocenters. The van der Waals surface area contributed by atoms with Crippen LogP contribution in [0.15, 0.2) is 91.0 Å². The second-order valence-electron chi connectivity index (χ2n) is 7.43. The first-order valence-electron chi connectivity index (χ1n) is 9.96. The molecule has 162 valence electrons. The summed E-state index contributed by atoms with van der Waals surface area (Å²) in [5.74, 6) is -3.28. The van der Waals surface area contributed by atoms with Crippen LogP contribution in [0.5, 0.6) is 0 Å². The van der Waals surface area contributed by atoms with Crippen molar-refractivity contribution in [2.45, 2.75) is 0 Å². The maximum atomic E-state index is 11.2. The van der Waals surface area contributed by atoms with Crippen molar-refractivity contribution in [1.29, 1.82) is 0 Å². The third kappa shape index (κ3) is 4.65. The molecule has 0 amide bonds. The maximum absolute atomic E-state index is 11.2. The average molecular weight is 437 g/mol. The van der Waals surface area contributed by atoms with E-state index in [4.69, 9.17) is 10.2 Å². The second kappa shape index (κ2) is 8.80. The van der Waals surface area contributed by atoms with Crippen LogP contribution >= 0.6 is 0 Å². The first-order valence-corrected chi connectivity index (χ1v) is 9.96. The first kappa shape index (κ1) is 21.5. The van der Waals surface area contributed by atoms with E-state index >= 15 is 0 Å². The van der Waals surface area contributed by atoms with E-state index in [0.29, 0.717) is 0 Å². The molecule has 0 saturated carbocycles. The molecule has 0 bridgehead atoms. The lowest BCUT2D eigenvalue weighted by Gasteiger charge is -2.12. The maximum Gasteiger partial charge on any atom is 0.335 e. The van der Waals surface area contributed by atoms with Gasteiger partial charge in [0.2, 0.25) is 0 Å². The summed E-state index contributed by atoms with van der Waals surface area (Å²) in [5, 5.41) is 29.4. The number of aromatic carboxylic acids is 3. The quantitative estimate of drug-likeness (QED) is 0.461. The molecule has 0 atom stereocenters. The largest absolute Gasteiger partial charge is 0.545 e. The van der Waals surface area contributed by atoms with Crippen molar-refractivity contribution in [1.82, 2.24) is 0 Å². The smallest absolute Gasteiger partial charge is 0.335 e. The highest BCUT2D eigenvalue weighted by Gasteiger charge is 2.10. The second-order valence-corrected chi connectivity index (χ2v) is 7.43. The minimum atomic E-state index is -1.26. The molecule has 6 heteroatoms. The van der Waals surface area contributed by atoms with Crippen molar-refractivity contribution in [3.05, 3.63) is 108 Å². The van der Waals surface area contributed by atoms with Gasteiger partial charge in [0.15, 0.2) is 0 Å². The zero-order valence-electron chi connectivity index (χ0n) is 17.2. The fourth-order valence-corrected chi connectivity index (χ4v) is 3.54. The number of carbonyl (C=O) groups excluding carboxylic acids is 1. The third-order valence-corrected chi connectivity index (χ3v) is 5.32. The molecule has 0 aromatic heterocycles. The molecule has 33 heavy (non-hydrogen) atoms. The zero-order valence-corrected chi connectivity index (χ0v) is 17.2. The molecule has 6 nitrogen and oxygen atoms in total. The van der Waals surface area contributed by atoms with Crippen molar-refractivity contribution < 1.29 is 29.7 Å². The van der Waals surface area contributed by atoms with Gasteiger partial charge in [-0.15, -0.1) is 0 Å². The van der Waals surface area contributed by atoms with E-state index in [-0.39, 0.29) is 16.7 Å². The first-order chi connectivity index (χ1) is 15.8. The SMILES string of the molecule is O=C([O-])c1ccc(-c2cc(-c3ccc(C(=O)O)cc3)cc(-c3ccc(C(=O)O)cc3)c2)cc1. The van der Waals surface area contributed by atoms with Crippen LogP contribution in [0.25, 0.3) is 33.4 Å². The van der Waals surface area contributed by atoms with Gasteiger partial charge >= 0.3 is 11.9 Å². The number of rotatable bonds is 6. The number of hydrogen-bond donors (Lipinski definition) is 2. The summed E-state index contributed by atoms with van der Waals surface area (Å²) in [6.07, 6.45) is 0. The fourth-order valence-electron chi connectivity index (χ4n) is 3.54.